The van der Waals surface area contributed by atoms with Crippen molar-refractivity contribution in [3.05, 3.63) is 48.4 Å². The lowest BCUT2D eigenvalue weighted by Crippen LogP contribution is -2.23. The smallest absolute Gasteiger partial charge is 0.226 e. The van der Waals surface area contributed by atoms with Crippen molar-refractivity contribution in [1.29, 1.82) is 0 Å². The lowest BCUT2D eigenvalue weighted by atomic mass is 10.0. The maximum atomic E-state index is 11.9. The molecule has 1 amide bonds. The van der Waals surface area contributed by atoms with Crippen LogP contribution in [0.5, 0.6) is 0 Å². The van der Waals surface area contributed by atoms with E-state index in [4.69, 9.17) is 4.74 Å². The van der Waals surface area contributed by atoms with Gasteiger partial charge in [-0.15, -0.1) is 9.24 Å². The summed E-state index contributed by atoms with van der Waals surface area (Å²) in [5.74, 6) is 0.791. The van der Waals surface area contributed by atoms with Gasteiger partial charge in [0.15, 0.2) is 5.88 Å². The highest BCUT2D eigenvalue weighted by Crippen LogP contribution is 2.18. The molecule has 0 saturated carbocycles. The van der Waals surface area contributed by atoms with E-state index in [-0.39, 0.29) is 5.91 Å². The molecule has 140 valence electrons. The number of amides is 1. The Balaban J connectivity index is 0.00000277. The summed E-state index contributed by atoms with van der Waals surface area (Å²) in [6, 6.07) is 6.19. The first-order chi connectivity index (χ1) is 11.8. The van der Waals surface area contributed by atoms with Gasteiger partial charge in [-0.05, 0) is 48.7 Å². The van der Waals surface area contributed by atoms with E-state index < -0.39 is 0 Å². The number of nitrogens with one attached hydrogen (secondary N) is 1. The molecule has 0 saturated heterocycles. The van der Waals surface area contributed by atoms with Crippen LogP contribution in [0, 0.1) is 12.8 Å². The molecule has 0 spiro atoms. The Kier molecular flexibility index (Phi) is 11.9. The average Bonchev–Trinajstić information content (AvgIpc) is 2.54. The Hall–Kier alpha value is -1.60. The summed E-state index contributed by atoms with van der Waals surface area (Å²) >= 11 is 0. The maximum absolute atomic E-state index is 11.9. The summed E-state index contributed by atoms with van der Waals surface area (Å²) in [7, 11) is 2.72. The number of ether oxygens (including phenoxy) is 1. The number of carbonyl (C=O) groups excluding carboxylic acids is 1. The van der Waals surface area contributed by atoms with Gasteiger partial charge in [-0.25, -0.2) is 0 Å². The maximum Gasteiger partial charge on any atom is 0.226 e. The predicted molar refractivity (Wildman–Crippen MR) is 113 cm³/mol. The fourth-order valence-electron chi connectivity index (χ4n) is 2.08. The zero-order valence-corrected chi connectivity index (χ0v) is 17.6. The van der Waals surface area contributed by atoms with Gasteiger partial charge in [0.2, 0.25) is 5.91 Å². The molecule has 0 aromatic heterocycles. The molecule has 3 nitrogen and oxygen atoms in total. The molecule has 4 heteroatoms. The molecule has 1 unspecified atom stereocenters. The topological polar surface area (TPSA) is 38.3 Å². The second-order valence-electron chi connectivity index (χ2n) is 6.20. The van der Waals surface area contributed by atoms with Gasteiger partial charge >= 0.3 is 0 Å². The highest BCUT2D eigenvalue weighted by molar-refractivity contribution is 7.27. The number of hydrogen-bond donors (Lipinski definition) is 1. The van der Waals surface area contributed by atoms with Crippen LogP contribution in [-0.2, 0) is 9.53 Å². The van der Waals surface area contributed by atoms with E-state index in [0.29, 0.717) is 31.2 Å². The minimum atomic E-state index is -0.0990. The van der Waals surface area contributed by atoms with Crippen LogP contribution >= 0.6 is 9.24 Å². The van der Waals surface area contributed by atoms with Gasteiger partial charge < -0.3 is 4.74 Å². The number of rotatable bonds is 9. The number of allylic oxidation sites excluding steroid dienone is 1. The van der Waals surface area contributed by atoms with Gasteiger partial charge in [0.25, 0.3) is 0 Å². The standard InChI is InChI=1S/C19H28NO2P.C2H6/c1-13(2)10-11-22-16(5)20-19(21)9-7-15(4)17-8-6-14(3)12-18(17)23;1-2/h6,8,12-13H,4-5,7,9-11,23H2,1-3H3,(H,20,21);1-2H3. The van der Waals surface area contributed by atoms with Crippen molar-refractivity contribution in [2.24, 2.45) is 5.92 Å². The number of benzene rings is 1. The minimum absolute atomic E-state index is 0.0990. The Labute approximate surface area is 156 Å². The number of aryl methyl sites for hydroxylation is 1. The highest BCUT2D eigenvalue weighted by Gasteiger charge is 2.08. The molecule has 0 radical (unpaired) electrons. The van der Waals surface area contributed by atoms with Crippen LogP contribution in [-0.4, -0.2) is 12.5 Å². The summed E-state index contributed by atoms with van der Waals surface area (Å²) in [5, 5.41) is 3.79. The summed E-state index contributed by atoms with van der Waals surface area (Å²) in [6.07, 6.45) is 1.91. The molecule has 0 bridgehead atoms. The van der Waals surface area contributed by atoms with Crippen LogP contribution in [0.1, 0.15) is 58.1 Å². The summed E-state index contributed by atoms with van der Waals surface area (Å²) in [6.45, 7) is 18.7. The summed E-state index contributed by atoms with van der Waals surface area (Å²) in [5.41, 5.74) is 3.25. The molecule has 0 aliphatic rings. The number of carbonyl (C=O) groups is 1. The van der Waals surface area contributed by atoms with Crippen molar-refractivity contribution in [2.45, 2.75) is 53.9 Å². The average molecular weight is 363 g/mol. The third kappa shape index (κ3) is 10.1. The van der Waals surface area contributed by atoms with Gasteiger partial charge in [-0.2, -0.15) is 0 Å². The van der Waals surface area contributed by atoms with Crippen LogP contribution in [0.25, 0.3) is 5.57 Å². The van der Waals surface area contributed by atoms with Gasteiger partial charge in [0.05, 0.1) is 6.61 Å². The van der Waals surface area contributed by atoms with Crippen molar-refractivity contribution in [2.75, 3.05) is 6.61 Å². The van der Waals surface area contributed by atoms with Crippen LogP contribution in [0.2, 0.25) is 0 Å². The van der Waals surface area contributed by atoms with E-state index in [1.165, 1.54) is 5.56 Å². The SMILES string of the molecule is C=C(NC(=O)CCC(=C)c1ccc(C)cc1P)OCCC(C)C.CC. The van der Waals surface area contributed by atoms with Crippen LogP contribution in [0.4, 0.5) is 0 Å². The van der Waals surface area contributed by atoms with E-state index in [0.717, 1.165) is 22.9 Å². The zero-order chi connectivity index (χ0) is 19.4. The fourth-order valence-corrected chi connectivity index (χ4v) is 2.64. The molecular formula is C21H34NO2P. The lowest BCUT2D eigenvalue weighted by molar-refractivity contribution is -0.121. The molecule has 1 aromatic rings. The first-order valence-corrected chi connectivity index (χ1v) is 9.53. The van der Waals surface area contributed by atoms with Crippen LogP contribution < -0.4 is 10.6 Å². The first kappa shape index (κ1) is 23.4. The predicted octanol–water partition coefficient (Wildman–Crippen LogP) is 4.97. The largest absolute Gasteiger partial charge is 0.479 e. The molecule has 0 aliphatic heterocycles. The van der Waals surface area contributed by atoms with E-state index >= 15 is 0 Å². The number of hydrogen-bond acceptors (Lipinski definition) is 2. The van der Waals surface area contributed by atoms with E-state index in [9.17, 15) is 4.79 Å². The van der Waals surface area contributed by atoms with Gasteiger partial charge in [0.1, 0.15) is 0 Å². The third-order valence-electron chi connectivity index (χ3n) is 3.49. The molecule has 0 heterocycles. The zero-order valence-electron chi connectivity index (χ0n) is 16.4. The van der Waals surface area contributed by atoms with Crippen LogP contribution in [0.15, 0.2) is 37.2 Å². The van der Waals surface area contributed by atoms with Crippen molar-refractivity contribution in [3.63, 3.8) is 0 Å². The summed E-state index contributed by atoms with van der Waals surface area (Å²) < 4.78 is 5.40. The van der Waals surface area contributed by atoms with E-state index in [1.54, 1.807) is 0 Å². The third-order valence-corrected chi connectivity index (χ3v) is 3.97. The molecule has 1 atom stereocenters. The Morgan fingerprint density at radius 3 is 2.44 bits per heavy atom. The lowest BCUT2D eigenvalue weighted by Gasteiger charge is -2.13. The monoisotopic (exact) mass is 363 g/mol. The van der Waals surface area contributed by atoms with E-state index in [2.05, 4.69) is 60.6 Å². The Morgan fingerprint density at radius 2 is 1.88 bits per heavy atom. The molecule has 25 heavy (non-hydrogen) atoms. The molecule has 0 fully saturated rings. The molecule has 1 rings (SSSR count). The van der Waals surface area contributed by atoms with Gasteiger partial charge in [-0.3, -0.25) is 10.1 Å². The van der Waals surface area contributed by atoms with Crippen molar-refractivity contribution < 1.29 is 9.53 Å². The summed E-state index contributed by atoms with van der Waals surface area (Å²) in [4.78, 5) is 11.9. The van der Waals surface area contributed by atoms with E-state index in [1.807, 2.05) is 19.9 Å². The van der Waals surface area contributed by atoms with Crippen LogP contribution in [0.3, 0.4) is 0 Å². The first-order valence-electron chi connectivity index (χ1n) is 8.95. The minimum Gasteiger partial charge on any atom is -0.479 e. The Morgan fingerprint density at radius 1 is 1.24 bits per heavy atom. The normalized spacial score (nSPS) is 9.88. The fraction of sp³-hybridized carbons (Fsp3) is 0.476. The van der Waals surface area contributed by atoms with Crippen molar-refractivity contribution in [3.8, 4) is 0 Å². The van der Waals surface area contributed by atoms with Gasteiger partial charge in [0, 0.05) is 6.42 Å². The van der Waals surface area contributed by atoms with Crippen molar-refractivity contribution >= 4 is 26.0 Å². The quantitative estimate of drug-likeness (QED) is 0.497. The molecule has 0 aliphatic carbocycles. The second kappa shape index (κ2) is 12.7. The molecule has 1 aromatic carbocycles. The van der Waals surface area contributed by atoms with Gasteiger partial charge in [-0.1, -0.05) is 58.0 Å². The molecular weight excluding hydrogens is 329 g/mol. The second-order valence-corrected chi connectivity index (χ2v) is 6.82. The Bertz CT molecular complexity index is 579. The highest BCUT2D eigenvalue weighted by atomic mass is 31.0. The molecule has 1 N–H and O–H groups in total. The van der Waals surface area contributed by atoms with Crippen molar-refractivity contribution in [1.82, 2.24) is 5.32 Å².